The SMILES string of the molecule is COC(=O)c1cc(Cl)c(NC(C)=O)cc1O.O=C(O)c1ccccc1. The first-order valence-corrected chi connectivity index (χ1v) is 7.30. The summed E-state index contributed by atoms with van der Waals surface area (Å²) in [6, 6.07) is 10.7. The van der Waals surface area contributed by atoms with Gasteiger partial charge in [0.25, 0.3) is 0 Å². The van der Waals surface area contributed by atoms with E-state index in [-0.39, 0.29) is 27.9 Å². The van der Waals surface area contributed by atoms with E-state index in [1.807, 2.05) is 0 Å². The first-order chi connectivity index (χ1) is 11.8. The molecule has 2 aromatic rings. The van der Waals surface area contributed by atoms with Crippen molar-refractivity contribution in [2.45, 2.75) is 6.92 Å². The molecule has 0 saturated heterocycles. The van der Waals surface area contributed by atoms with Gasteiger partial charge < -0.3 is 20.3 Å². The second-order valence-electron chi connectivity index (χ2n) is 4.69. The Bertz CT molecular complexity index is 776. The Hall–Kier alpha value is -3.06. The molecule has 7 nitrogen and oxygen atoms in total. The van der Waals surface area contributed by atoms with E-state index in [0.29, 0.717) is 5.56 Å². The van der Waals surface area contributed by atoms with Crippen molar-refractivity contribution in [2.24, 2.45) is 0 Å². The van der Waals surface area contributed by atoms with E-state index < -0.39 is 11.9 Å². The molecule has 25 heavy (non-hydrogen) atoms. The molecule has 8 heteroatoms. The smallest absolute Gasteiger partial charge is 0.341 e. The third-order valence-electron chi connectivity index (χ3n) is 2.82. The molecule has 0 spiro atoms. The third kappa shape index (κ3) is 6.15. The molecule has 0 atom stereocenters. The zero-order valence-electron chi connectivity index (χ0n) is 13.4. The molecular formula is C17H16ClNO6. The van der Waals surface area contributed by atoms with Crippen LogP contribution in [0, 0.1) is 0 Å². The van der Waals surface area contributed by atoms with Crippen LogP contribution < -0.4 is 5.32 Å². The summed E-state index contributed by atoms with van der Waals surface area (Å²) >= 11 is 5.81. The fourth-order valence-electron chi connectivity index (χ4n) is 1.70. The van der Waals surface area contributed by atoms with Crippen molar-refractivity contribution in [3.63, 3.8) is 0 Å². The summed E-state index contributed by atoms with van der Waals surface area (Å²) in [6.07, 6.45) is 0. The zero-order chi connectivity index (χ0) is 19.0. The molecule has 0 radical (unpaired) electrons. The van der Waals surface area contributed by atoms with Gasteiger partial charge in [-0.15, -0.1) is 0 Å². The molecule has 2 aromatic carbocycles. The molecule has 0 aliphatic rings. The van der Waals surface area contributed by atoms with Crippen LogP contribution in [-0.4, -0.2) is 35.2 Å². The zero-order valence-corrected chi connectivity index (χ0v) is 14.2. The molecule has 2 rings (SSSR count). The molecule has 0 aromatic heterocycles. The van der Waals surface area contributed by atoms with E-state index in [4.69, 9.17) is 16.7 Å². The Morgan fingerprint density at radius 3 is 2.16 bits per heavy atom. The number of rotatable bonds is 3. The van der Waals surface area contributed by atoms with Crippen LogP contribution in [-0.2, 0) is 9.53 Å². The molecule has 0 unspecified atom stereocenters. The van der Waals surface area contributed by atoms with Gasteiger partial charge in [-0.2, -0.15) is 0 Å². The van der Waals surface area contributed by atoms with Gasteiger partial charge in [0.1, 0.15) is 11.3 Å². The van der Waals surface area contributed by atoms with Crippen molar-refractivity contribution in [1.29, 1.82) is 0 Å². The molecule has 1 amide bonds. The van der Waals surface area contributed by atoms with Crippen LogP contribution in [0.2, 0.25) is 5.02 Å². The predicted molar refractivity (Wildman–Crippen MR) is 92.2 cm³/mol. The van der Waals surface area contributed by atoms with Gasteiger partial charge in [0.2, 0.25) is 5.91 Å². The minimum absolute atomic E-state index is 0.0541. The highest BCUT2D eigenvalue weighted by Crippen LogP contribution is 2.30. The number of anilines is 1. The average molecular weight is 366 g/mol. The number of carbonyl (C=O) groups excluding carboxylic acids is 2. The highest BCUT2D eigenvalue weighted by Gasteiger charge is 2.15. The molecule has 0 aliphatic carbocycles. The maximum Gasteiger partial charge on any atom is 0.341 e. The van der Waals surface area contributed by atoms with Crippen LogP contribution in [0.25, 0.3) is 0 Å². The number of hydrogen-bond acceptors (Lipinski definition) is 5. The van der Waals surface area contributed by atoms with Gasteiger partial charge in [-0.1, -0.05) is 29.8 Å². The number of carbonyl (C=O) groups is 3. The number of carboxylic acid groups (broad SMARTS) is 1. The van der Waals surface area contributed by atoms with Crippen LogP contribution >= 0.6 is 11.6 Å². The minimum atomic E-state index is -0.879. The first kappa shape index (κ1) is 20.0. The maximum atomic E-state index is 11.2. The number of hydrogen-bond donors (Lipinski definition) is 3. The van der Waals surface area contributed by atoms with Crippen LogP contribution in [0.5, 0.6) is 5.75 Å². The molecule has 132 valence electrons. The molecular weight excluding hydrogens is 350 g/mol. The summed E-state index contributed by atoms with van der Waals surface area (Å²) in [4.78, 5) is 32.2. The Morgan fingerprint density at radius 2 is 1.72 bits per heavy atom. The first-order valence-electron chi connectivity index (χ1n) is 6.93. The standard InChI is InChI=1S/C10H10ClNO4.C7H6O2/c1-5(13)12-8-4-9(14)6(3-7(8)11)10(15)16-2;8-7(9)6-4-2-1-3-5-6/h3-4,14H,1-2H3,(H,12,13);1-5H,(H,8,9). The van der Waals surface area contributed by atoms with E-state index in [0.717, 1.165) is 0 Å². The van der Waals surface area contributed by atoms with Crippen molar-refractivity contribution in [3.05, 3.63) is 58.6 Å². The van der Waals surface area contributed by atoms with Gasteiger partial charge in [-0.3, -0.25) is 4.79 Å². The van der Waals surface area contributed by atoms with Crippen molar-refractivity contribution in [2.75, 3.05) is 12.4 Å². The predicted octanol–water partition coefficient (Wildman–Crippen LogP) is 3.18. The number of phenols is 1. The summed E-state index contributed by atoms with van der Waals surface area (Å²) in [5, 5.41) is 20.5. The highest BCUT2D eigenvalue weighted by atomic mass is 35.5. The van der Waals surface area contributed by atoms with E-state index >= 15 is 0 Å². The number of nitrogens with one attached hydrogen (secondary N) is 1. The van der Waals surface area contributed by atoms with Crippen LogP contribution in [0.1, 0.15) is 27.6 Å². The maximum absolute atomic E-state index is 11.2. The summed E-state index contributed by atoms with van der Waals surface area (Å²) in [6.45, 7) is 1.31. The summed E-state index contributed by atoms with van der Waals surface area (Å²) in [5.41, 5.74) is 0.512. The largest absolute Gasteiger partial charge is 0.507 e. The number of phenolic OH excluding ortho intramolecular Hbond substituents is 1. The number of methoxy groups -OCH3 is 1. The van der Waals surface area contributed by atoms with Gasteiger partial charge in [0, 0.05) is 13.0 Å². The highest BCUT2D eigenvalue weighted by molar-refractivity contribution is 6.34. The molecule has 0 fully saturated rings. The lowest BCUT2D eigenvalue weighted by Crippen LogP contribution is -2.08. The van der Waals surface area contributed by atoms with Crippen molar-refractivity contribution < 1.29 is 29.3 Å². The fraction of sp³-hybridized carbons (Fsp3) is 0.118. The number of aromatic carboxylic acids is 1. The van der Waals surface area contributed by atoms with E-state index in [1.165, 1.54) is 26.2 Å². The van der Waals surface area contributed by atoms with Crippen LogP contribution in [0.15, 0.2) is 42.5 Å². The van der Waals surface area contributed by atoms with Crippen molar-refractivity contribution >= 4 is 35.1 Å². The number of halogens is 1. The summed E-state index contributed by atoms with van der Waals surface area (Å²) in [5.74, 6) is -2.21. The van der Waals surface area contributed by atoms with Gasteiger partial charge in [-0.05, 0) is 18.2 Å². The Kier molecular flexibility index (Phi) is 7.43. The van der Waals surface area contributed by atoms with E-state index in [1.54, 1.807) is 30.3 Å². The Balaban J connectivity index is 0.000000293. The minimum Gasteiger partial charge on any atom is -0.507 e. The lowest BCUT2D eigenvalue weighted by atomic mass is 10.2. The number of carboxylic acids is 1. The molecule has 0 aliphatic heterocycles. The van der Waals surface area contributed by atoms with Crippen molar-refractivity contribution in [3.8, 4) is 5.75 Å². The second-order valence-corrected chi connectivity index (χ2v) is 5.10. The van der Waals surface area contributed by atoms with Crippen molar-refractivity contribution in [1.82, 2.24) is 0 Å². The fourth-order valence-corrected chi connectivity index (χ4v) is 1.91. The van der Waals surface area contributed by atoms with E-state index in [9.17, 15) is 19.5 Å². The summed E-state index contributed by atoms with van der Waals surface area (Å²) in [7, 11) is 1.19. The monoisotopic (exact) mass is 365 g/mol. The number of esters is 1. The summed E-state index contributed by atoms with van der Waals surface area (Å²) < 4.78 is 4.45. The average Bonchev–Trinajstić information content (AvgIpc) is 2.58. The molecule has 3 N–H and O–H groups in total. The number of benzene rings is 2. The second kappa shape index (κ2) is 9.29. The number of amides is 1. The Morgan fingerprint density at radius 1 is 1.12 bits per heavy atom. The topological polar surface area (TPSA) is 113 Å². The molecule has 0 bridgehead atoms. The van der Waals surface area contributed by atoms with Gasteiger partial charge in [-0.25, -0.2) is 9.59 Å². The quantitative estimate of drug-likeness (QED) is 0.720. The number of ether oxygens (including phenoxy) is 1. The molecule has 0 saturated carbocycles. The number of aromatic hydroxyl groups is 1. The third-order valence-corrected chi connectivity index (χ3v) is 3.13. The van der Waals surface area contributed by atoms with Gasteiger partial charge in [0.05, 0.1) is 23.4 Å². The van der Waals surface area contributed by atoms with Gasteiger partial charge >= 0.3 is 11.9 Å². The lowest BCUT2D eigenvalue weighted by Gasteiger charge is -2.08. The normalized spacial score (nSPS) is 9.40. The lowest BCUT2D eigenvalue weighted by molar-refractivity contribution is -0.114. The van der Waals surface area contributed by atoms with Gasteiger partial charge in [0.15, 0.2) is 0 Å². The van der Waals surface area contributed by atoms with E-state index in [2.05, 4.69) is 10.1 Å². The van der Waals surface area contributed by atoms with Crippen LogP contribution in [0.3, 0.4) is 0 Å². The Labute approximate surface area is 148 Å². The molecule has 0 heterocycles. The van der Waals surface area contributed by atoms with Crippen LogP contribution in [0.4, 0.5) is 5.69 Å².